The summed E-state index contributed by atoms with van der Waals surface area (Å²) in [6.07, 6.45) is 4.71. The van der Waals surface area contributed by atoms with Crippen molar-refractivity contribution in [2.24, 2.45) is 4.99 Å². The Balaban J connectivity index is 1.75. The molecule has 20 heavy (non-hydrogen) atoms. The number of guanidine groups is 1. The summed E-state index contributed by atoms with van der Waals surface area (Å²) in [4.78, 5) is 9.64. The monoisotopic (exact) mass is 288 g/mol. The van der Waals surface area contributed by atoms with Crippen LogP contribution in [0.5, 0.6) is 0 Å². The van der Waals surface area contributed by atoms with Gasteiger partial charge in [-0.15, -0.1) is 11.3 Å². The van der Waals surface area contributed by atoms with Crippen LogP contribution in [-0.2, 0) is 13.0 Å². The maximum absolute atomic E-state index is 4.23. The largest absolute Gasteiger partial charge is 0.356 e. The van der Waals surface area contributed by atoms with E-state index in [-0.39, 0.29) is 0 Å². The molecule has 0 bridgehead atoms. The van der Waals surface area contributed by atoms with Crippen molar-refractivity contribution in [3.8, 4) is 0 Å². The summed E-state index contributed by atoms with van der Waals surface area (Å²) in [5, 5.41) is 8.72. The van der Waals surface area contributed by atoms with Gasteiger partial charge in [-0.05, 0) is 42.0 Å². The van der Waals surface area contributed by atoms with Gasteiger partial charge in [0, 0.05) is 30.9 Å². The number of pyridine rings is 1. The number of aryl methyl sites for hydroxylation is 1. The van der Waals surface area contributed by atoms with Crippen molar-refractivity contribution in [1.29, 1.82) is 0 Å². The molecule has 106 valence electrons. The summed E-state index contributed by atoms with van der Waals surface area (Å²) >= 11 is 1.75. The van der Waals surface area contributed by atoms with E-state index in [0.29, 0.717) is 0 Å². The van der Waals surface area contributed by atoms with Crippen LogP contribution < -0.4 is 10.6 Å². The number of hydrogen-bond donors (Lipinski definition) is 2. The number of nitrogens with zero attached hydrogens (tertiary/aromatic N) is 2. The molecule has 0 aliphatic carbocycles. The van der Waals surface area contributed by atoms with Gasteiger partial charge in [-0.2, -0.15) is 0 Å². The van der Waals surface area contributed by atoms with E-state index in [2.05, 4.69) is 51.1 Å². The fraction of sp³-hybridized carbons (Fsp3) is 0.333. The Morgan fingerprint density at radius 3 is 2.95 bits per heavy atom. The lowest BCUT2D eigenvalue weighted by Gasteiger charge is -2.11. The molecule has 0 amide bonds. The van der Waals surface area contributed by atoms with E-state index in [1.807, 2.05) is 12.4 Å². The van der Waals surface area contributed by atoms with E-state index in [1.165, 1.54) is 16.0 Å². The van der Waals surface area contributed by atoms with Gasteiger partial charge in [0.15, 0.2) is 5.96 Å². The number of nitrogens with one attached hydrogen (secondary N) is 2. The van der Waals surface area contributed by atoms with Crippen LogP contribution in [0.2, 0.25) is 0 Å². The molecule has 0 unspecified atom stereocenters. The van der Waals surface area contributed by atoms with Crippen molar-refractivity contribution in [1.82, 2.24) is 15.6 Å². The van der Waals surface area contributed by atoms with Gasteiger partial charge in [-0.3, -0.25) is 9.98 Å². The van der Waals surface area contributed by atoms with Gasteiger partial charge in [0.05, 0.1) is 6.54 Å². The third-order valence-electron chi connectivity index (χ3n) is 3.06. The Labute approximate surface area is 124 Å². The molecule has 2 heterocycles. The molecule has 0 saturated carbocycles. The molecule has 2 aromatic rings. The van der Waals surface area contributed by atoms with Gasteiger partial charge < -0.3 is 10.6 Å². The first kappa shape index (κ1) is 14.5. The minimum Gasteiger partial charge on any atom is -0.356 e. The zero-order valence-electron chi connectivity index (χ0n) is 11.9. The van der Waals surface area contributed by atoms with E-state index in [9.17, 15) is 0 Å². The van der Waals surface area contributed by atoms with Gasteiger partial charge in [-0.1, -0.05) is 6.07 Å². The molecule has 2 aromatic heterocycles. The molecule has 0 spiro atoms. The van der Waals surface area contributed by atoms with Crippen molar-refractivity contribution in [3.05, 3.63) is 52.0 Å². The van der Waals surface area contributed by atoms with Crippen molar-refractivity contribution in [2.75, 3.05) is 13.6 Å². The molecular formula is C15H20N4S. The Morgan fingerprint density at radius 1 is 1.35 bits per heavy atom. The lowest BCUT2D eigenvalue weighted by molar-refractivity contribution is 0.796. The molecule has 0 radical (unpaired) electrons. The highest BCUT2D eigenvalue weighted by Gasteiger charge is 2.00. The predicted octanol–water partition coefficient (Wildman–Crippen LogP) is 2.36. The summed E-state index contributed by atoms with van der Waals surface area (Å²) < 4.78 is 0. The highest BCUT2D eigenvalue weighted by molar-refractivity contribution is 7.09. The first-order valence-electron chi connectivity index (χ1n) is 6.66. The van der Waals surface area contributed by atoms with Crippen LogP contribution >= 0.6 is 11.3 Å². The molecule has 2 N–H and O–H groups in total. The molecule has 0 aliphatic rings. The van der Waals surface area contributed by atoms with Crippen LogP contribution in [0.15, 0.2) is 41.0 Å². The minimum atomic E-state index is 0.811. The first-order valence-corrected chi connectivity index (χ1v) is 7.54. The van der Waals surface area contributed by atoms with E-state index in [1.54, 1.807) is 18.4 Å². The second-order valence-corrected chi connectivity index (χ2v) is 5.52. The fourth-order valence-corrected chi connectivity index (χ4v) is 2.55. The Morgan fingerprint density at radius 2 is 2.25 bits per heavy atom. The van der Waals surface area contributed by atoms with Gasteiger partial charge in [0.2, 0.25) is 0 Å². The lowest BCUT2D eigenvalue weighted by atomic mass is 10.1. The molecule has 0 aromatic carbocycles. The predicted molar refractivity (Wildman–Crippen MR) is 85.2 cm³/mol. The van der Waals surface area contributed by atoms with Crippen LogP contribution in [0.25, 0.3) is 0 Å². The SMILES string of the molecule is CN=C(NCCc1ccncc1C)NCc1cccs1. The van der Waals surface area contributed by atoms with Crippen molar-refractivity contribution in [2.45, 2.75) is 19.9 Å². The zero-order valence-corrected chi connectivity index (χ0v) is 12.7. The van der Waals surface area contributed by atoms with E-state index in [0.717, 1.165) is 25.5 Å². The topological polar surface area (TPSA) is 49.3 Å². The molecule has 2 rings (SSSR count). The smallest absolute Gasteiger partial charge is 0.191 e. The lowest BCUT2D eigenvalue weighted by Crippen LogP contribution is -2.37. The average Bonchev–Trinajstić information content (AvgIpc) is 2.98. The van der Waals surface area contributed by atoms with Crippen LogP contribution in [0, 0.1) is 6.92 Å². The fourth-order valence-electron chi connectivity index (χ4n) is 1.90. The molecule has 0 aliphatic heterocycles. The number of thiophene rings is 1. The van der Waals surface area contributed by atoms with Gasteiger partial charge >= 0.3 is 0 Å². The standard InChI is InChI=1S/C15H20N4S/c1-12-10-17-7-5-13(12)6-8-18-15(16-2)19-11-14-4-3-9-20-14/h3-5,7,9-10H,6,8,11H2,1-2H3,(H2,16,18,19). The normalized spacial score (nSPS) is 11.4. The number of rotatable bonds is 5. The van der Waals surface area contributed by atoms with Gasteiger partial charge in [-0.25, -0.2) is 0 Å². The van der Waals surface area contributed by atoms with E-state index >= 15 is 0 Å². The highest BCUT2D eigenvalue weighted by Crippen LogP contribution is 2.07. The Bertz CT molecular complexity index is 549. The zero-order chi connectivity index (χ0) is 14.2. The quantitative estimate of drug-likeness (QED) is 0.656. The second kappa shape index (κ2) is 7.65. The molecular weight excluding hydrogens is 268 g/mol. The average molecular weight is 288 g/mol. The Kier molecular flexibility index (Phi) is 5.55. The van der Waals surface area contributed by atoms with Crippen molar-refractivity contribution >= 4 is 17.3 Å². The molecule has 5 heteroatoms. The maximum Gasteiger partial charge on any atom is 0.191 e. The third-order valence-corrected chi connectivity index (χ3v) is 3.93. The number of aliphatic imine (C=N–C) groups is 1. The Hall–Kier alpha value is -1.88. The summed E-state index contributed by atoms with van der Waals surface area (Å²) in [5.74, 6) is 0.838. The van der Waals surface area contributed by atoms with E-state index in [4.69, 9.17) is 0 Å². The molecule has 0 atom stereocenters. The second-order valence-electron chi connectivity index (χ2n) is 4.48. The van der Waals surface area contributed by atoms with Crippen LogP contribution in [0.3, 0.4) is 0 Å². The number of hydrogen-bond acceptors (Lipinski definition) is 3. The number of aromatic nitrogens is 1. The highest BCUT2D eigenvalue weighted by atomic mass is 32.1. The van der Waals surface area contributed by atoms with Crippen molar-refractivity contribution in [3.63, 3.8) is 0 Å². The summed E-state index contributed by atoms with van der Waals surface area (Å²) in [7, 11) is 1.79. The van der Waals surface area contributed by atoms with Gasteiger partial charge in [0.25, 0.3) is 0 Å². The molecule has 0 fully saturated rings. The molecule has 0 saturated heterocycles. The summed E-state index contributed by atoms with van der Waals surface area (Å²) in [6, 6.07) is 6.24. The summed E-state index contributed by atoms with van der Waals surface area (Å²) in [5.41, 5.74) is 2.55. The first-order chi connectivity index (χ1) is 9.79. The van der Waals surface area contributed by atoms with Crippen LogP contribution in [0.4, 0.5) is 0 Å². The molecule has 4 nitrogen and oxygen atoms in total. The third kappa shape index (κ3) is 4.35. The van der Waals surface area contributed by atoms with Crippen LogP contribution in [-0.4, -0.2) is 24.5 Å². The maximum atomic E-state index is 4.23. The van der Waals surface area contributed by atoms with Crippen LogP contribution in [0.1, 0.15) is 16.0 Å². The summed E-state index contributed by atoms with van der Waals surface area (Å²) in [6.45, 7) is 3.76. The minimum absolute atomic E-state index is 0.811. The van der Waals surface area contributed by atoms with Crippen molar-refractivity contribution < 1.29 is 0 Å². The van der Waals surface area contributed by atoms with E-state index < -0.39 is 0 Å². The van der Waals surface area contributed by atoms with Gasteiger partial charge in [0.1, 0.15) is 0 Å².